The monoisotopic (exact) mass is 311 g/mol. The zero-order valence-electron chi connectivity index (χ0n) is 13.0. The Balaban J connectivity index is 2.15. The second kappa shape index (κ2) is 6.77. The van der Waals surface area contributed by atoms with Gasteiger partial charge in [-0.25, -0.2) is 13.1 Å². The number of sulfonamides is 1. The van der Waals surface area contributed by atoms with Crippen molar-refractivity contribution in [2.75, 3.05) is 24.5 Å². The topological polar surface area (TPSA) is 61.4 Å². The molecule has 118 valence electrons. The van der Waals surface area contributed by atoms with Crippen molar-refractivity contribution in [2.24, 2.45) is 0 Å². The van der Waals surface area contributed by atoms with Crippen molar-refractivity contribution >= 4 is 15.7 Å². The molecule has 2 rings (SSSR count). The molecule has 1 heterocycles. The van der Waals surface area contributed by atoms with E-state index in [9.17, 15) is 8.42 Å². The first-order chi connectivity index (χ1) is 9.94. The van der Waals surface area contributed by atoms with E-state index in [2.05, 4.69) is 28.8 Å². The number of nitrogens with zero attached hydrogens (tertiary/aromatic N) is 1. The molecule has 6 heteroatoms. The van der Waals surface area contributed by atoms with Gasteiger partial charge in [0, 0.05) is 37.4 Å². The van der Waals surface area contributed by atoms with E-state index in [4.69, 9.17) is 0 Å². The Morgan fingerprint density at radius 2 is 1.95 bits per heavy atom. The molecule has 1 fully saturated rings. The van der Waals surface area contributed by atoms with Crippen molar-refractivity contribution in [1.82, 2.24) is 10.0 Å². The van der Waals surface area contributed by atoms with Gasteiger partial charge in [0.15, 0.2) is 0 Å². The number of hydrogen-bond acceptors (Lipinski definition) is 4. The summed E-state index contributed by atoms with van der Waals surface area (Å²) in [6.07, 6.45) is 0.785. The van der Waals surface area contributed by atoms with Crippen molar-refractivity contribution < 1.29 is 8.42 Å². The van der Waals surface area contributed by atoms with Gasteiger partial charge in [-0.1, -0.05) is 6.92 Å². The second-order valence-electron chi connectivity index (χ2n) is 5.70. The van der Waals surface area contributed by atoms with Gasteiger partial charge >= 0.3 is 0 Å². The number of rotatable bonds is 5. The van der Waals surface area contributed by atoms with E-state index < -0.39 is 10.0 Å². The third-order valence-electron chi connectivity index (χ3n) is 3.79. The standard InChI is InChI=1S/C15H25N3O2S/c1-4-9-17-21(19,20)15-7-5-14(6-8-15)18-11-12(2)16-10-13(18)3/h5-8,12-13,16-17H,4,9-11H2,1-3H3. The normalized spacial score (nSPS) is 23.3. The lowest BCUT2D eigenvalue weighted by atomic mass is 10.1. The quantitative estimate of drug-likeness (QED) is 0.866. The van der Waals surface area contributed by atoms with Crippen LogP contribution in [0, 0.1) is 0 Å². The summed E-state index contributed by atoms with van der Waals surface area (Å²) in [5.74, 6) is 0. The summed E-state index contributed by atoms with van der Waals surface area (Å²) in [6, 6.07) is 8.02. The average Bonchev–Trinajstić information content (AvgIpc) is 2.48. The maximum Gasteiger partial charge on any atom is 0.240 e. The Morgan fingerprint density at radius 3 is 2.57 bits per heavy atom. The zero-order chi connectivity index (χ0) is 15.5. The molecular formula is C15H25N3O2S. The smallest absolute Gasteiger partial charge is 0.240 e. The van der Waals surface area contributed by atoms with Gasteiger partial charge in [-0.3, -0.25) is 0 Å². The molecule has 1 aliphatic heterocycles. The van der Waals surface area contributed by atoms with Gasteiger partial charge in [-0.15, -0.1) is 0 Å². The minimum atomic E-state index is -3.38. The molecule has 1 aromatic carbocycles. The highest BCUT2D eigenvalue weighted by Gasteiger charge is 2.23. The average molecular weight is 311 g/mol. The summed E-state index contributed by atoms with van der Waals surface area (Å²) < 4.78 is 26.7. The van der Waals surface area contributed by atoms with Crippen molar-refractivity contribution in [3.8, 4) is 0 Å². The van der Waals surface area contributed by atoms with Crippen molar-refractivity contribution in [3.05, 3.63) is 24.3 Å². The van der Waals surface area contributed by atoms with Gasteiger partial charge in [0.1, 0.15) is 0 Å². The fourth-order valence-electron chi connectivity index (χ4n) is 2.52. The predicted molar refractivity (Wildman–Crippen MR) is 86.2 cm³/mol. The molecule has 0 saturated carbocycles. The first-order valence-electron chi connectivity index (χ1n) is 7.54. The van der Waals surface area contributed by atoms with Gasteiger partial charge in [0.2, 0.25) is 10.0 Å². The van der Waals surface area contributed by atoms with E-state index >= 15 is 0 Å². The van der Waals surface area contributed by atoms with E-state index in [1.807, 2.05) is 19.1 Å². The Bertz CT molecular complexity index is 557. The first kappa shape index (κ1) is 16.3. The minimum absolute atomic E-state index is 0.329. The van der Waals surface area contributed by atoms with Crippen molar-refractivity contribution in [2.45, 2.75) is 44.2 Å². The minimum Gasteiger partial charge on any atom is -0.366 e. The predicted octanol–water partition coefficient (Wildman–Crippen LogP) is 1.56. The number of piperazine rings is 1. The molecule has 2 unspecified atom stereocenters. The summed E-state index contributed by atoms with van der Waals surface area (Å²) in [5, 5.41) is 3.44. The lowest BCUT2D eigenvalue weighted by Crippen LogP contribution is -2.54. The molecule has 2 atom stereocenters. The second-order valence-corrected chi connectivity index (χ2v) is 7.47. The van der Waals surface area contributed by atoms with Crippen molar-refractivity contribution in [1.29, 1.82) is 0 Å². The highest BCUT2D eigenvalue weighted by molar-refractivity contribution is 7.89. The Hall–Kier alpha value is -1.11. The molecule has 1 aromatic rings. The van der Waals surface area contributed by atoms with E-state index in [0.29, 0.717) is 23.5 Å². The molecule has 0 aromatic heterocycles. The van der Waals surface area contributed by atoms with E-state index in [-0.39, 0.29) is 0 Å². The van der Waals surface area contributed by atoms with E-state index in [1.165, 1.54) is 0 Å². The number of nitrogens with one attached hydrogen (secondary N) is 2. The third-order valence-corrected chi connectivity index (χ3v) is 5.26. The first-order valence-corrected chi connectivity index (χ1v) is 9.02. The summed E-state index contributed by atoms with van der Waals surface area (Å²) in [7, 11) is -3.38. The highest BCUT2D eigenvalue weighted by Crippen LogP contribution is 2.22. The lowest BCUT2D eigenvalue weighted by molar-refractivity contribution is 0.425. The zero-order valence-corrected chi connectivity index (χ0v) is 13.8. The summed E-state index contributed by atoms with van der Waals surface area (Å²) in [4.78, 5) is 2.65. The van der Waals surface area contributed by atoms with E-state index in [1.54, 1.807) is 12.1 Å². The third kappa shape index (κ3) is 3.96. The van der Waals surface area contributed by atoms with E-state index in [0.717, 1.165) is 25.2 Å². The maximum atomic E-state index is 12.1. The van der Waals surface area contributed by atoms with Crippen LogP contribution in [0.5, 0.6) is 0 Å². The highest BCUT2D eigenvalue weighted by atomic mass is 32.2. The van der Waals surface area contributed by atoms with Crippen LogP contribution in [0.15, 0.2) is 29.2 Å². The van der Waals surface area contributed by atoms with Crippen LogP contribution in [0.25, 0.3) is 0 Å². The number of benzene rings is 1. The Kier molecular flexibility index (Phi) is 5.24. The molecule has 0 radical (unpaired) electrons. The van der Waals surface area contributed by atoms with Crippen LogP contribution < -0.4 is 14.9 Å². The fourth-order valence-corrected chi connectivity index (χ4v) is 3.65. The largest absolute Gasteiger partial charge is 0.366 e. The summed E-state index contributed by atoms with van der Waals surface area (Å²) in [6.45, 7) is 8.62. The van der Waals surface area contributed by atoms with Crippen molar-refractivity contribution in [3.63, 3.8) is 0 Å². The molecule has 0 spiro atoms. The van der Waals surface area contributed by atoms with Crippen LogP contribution in [0.1, 0.15) is 27.2 Å². The van der Waals surface area contributed by atoms with Crippen LogP contribution in [0.4, 0.5) is 5.69 Å². The molecule has 5 nitrogen and oxygen atoms in total. The molecule has 1 saturated heterocycles. The van der Waals surface area contributed by atoms with Crippen LogP contribution in [-0.4, -0.2) is 40.1 Å². The Morgan fingerprint density at radius 1 is 1.29 bits per heavy atom. The molecule has 0 bridgehead atoms. The molecule has 0 aliphatic carbocycles. The Labute approximate surface area is 127 Å². The number of hydrogen-bond donors (Lipinski definition) is 2. The van der Waals surface area contributed by atoms with Crippen LogP contribution in [0.3, 0.4) is 0 Å². The van der Waals surface area contributed by atoms with Gasteiger partial charge in [-0.2, -0.15) is 0 Å². The van der Waals surface area contributed by atoms with Gasteiger partial charge in [0.25, 0.3) is 0 Å². The van der Waals surface area contributed by atoms with Gasteiger partial charge < -0.3 is 10.2 Å². The summed E-state index contributed by atoms with van der Waals surface area (Å²) in [5.41, 5.74) is 1.07. The molecular weight excluding hydrogens is 286 g/mol. The summed E-state index contributed by atoms with van der Waals surface area (Å²) >= 11 is 0. The van der Waals surface area contributed by atoms with Crippen LogP contribution in [-0.2, 0) is 10.0 Å². The molecule has 2 N–H and O–H groups in total. The fraction of sp³-hybridized carbons (Fsp3) is 0.600. The molecule has 1 aliphatic rings. The van der Waals surface area contributed by atoms with Gasteiger partial charge in [0.05, 0.1) is 4.90 Å². The van der Waals surface area contributed by atoms with Crippen LogP contribution in [0.2, 0.25) is 0 Å². The number of anilines is 1. The molecule has 0 amide bonds. The lowest BCUT2D eigenvalue weighted by Gasteiger charge is -2.39. The van der Waals surface area contributed by atoms with Crippen LogP contribution >= 0.6 is 0 Å². The maximum absolute atomic E-state index is 12.1. The van der Waals surface area contributed by atoms with Gasteiger partial charge in [-0.05, 0) is 44.5 Å². The molecule has 21 heavy (non-hydrogen) atoms. The SMILES string of the molecule is CCCNS(=O)(=O)c1ccc(N2CC(C)NCC2C)cc1.